The zero-order chi connectivity index (χ0) is 30.1. The molecule has 0 aliphatic carbocycles. The van der Waals surface area contributed by atoms with Crippen molar-refractivity contribution in [3.8, 4) is 5.75 Å². The number of hydrogen-bond acceptors (Lipinski definition) is 8. The van der Waals surface area contributed by atoms with E-state index in [1.54, 1.807) is 69.3 Å². The molecule has 0 spiro atoms. The van der Waals surface area contributed by atoms with Gasteiger partial charge in [-0.3, -0.25) is 14.4 Å². The van der Waals surface area contributed by atoms with Gasteiger partial charge >= 0.3 is 12.1 Å². The lowest BCUT2D eigenvalue weighted by Gasteiger charge is -2.24. The minimum Gasteiger partial charge on any atom is -0.494 e. The molecular weight excluding hydrogens is 540 g/mol. The summed E-state index contributed by atoms with van der Waals surface area (Å²) in [5, 5.41) is 3.41. The Morgan fingerprint density at radius 3 is 2.05 bits per heavy atom. The maximum Gasteiger partial charge on any atom is 0.408 e. The SMILES string of the molecule is CC(C)(C)OC(=O)[C@H](Cc1ccc(OCCCON2C(=O)c3ccccc3C2=O)cc1)NC(=O)OCc1ccccc1. The van der Waals surface area contributed by atoms with Crippen molar-refractivity contribution in [2.75, 3.05) is 13.2 Å². The molecule has 0 radical (unpaired) electrons. The molecule has 0 aromatic heterocycles. The van der Waals surface area contributed by atoms with Gasteiger partial charge in [-0.1, -0.05) is 54.6 Å². The van der Waals surface area contributed by atoms with Gasteiger partial charge in [0.25, 0.3) is 11.8 Å². The topological polar surface area (TPSA) is 120 Å². The van der Waals surface area contributed by atoms with Gasteiger partial charge < -0.3 is 19.5 Å². The summed E-state index contributed by atoms with van der Waals surface area (Å²) in [7, 11) is 0. The van der Waals surface area contributed by atoms with Crippen LogP contribution in [0.3, 0.4) is 0 Å². The van der Waals surface area contributed by atoms with E-state index >= 15 is 0 Å². The van der Waals surface area contributed by atoms with Crippen molar-refractivity contribution in [3.05, 3.63) is 101 Å². The second-order valence-corrected chi connectivity index (χ2v) is 10.6. The number of carbonyl (C=O) groups is 4. The van der Waals surface area contributed by atoms with Crippen LogP contribution >= 0.6 is 0 Å². The standard InChI is InChI=1S/C32H34N2O8/c1-32(2,3)42-30(37)27(33-31(38)40-21-23-10-5-4-6-11-23)20-22-14-16-24(17-15-22)39-18-9-19-41-34-28(35)25-12-7-8-13-26(25)29(34)36/h4-8,10-17,27H,9,18-21H2,1-3H3,(H,33,38)/t27-/m0/s1. The summed E-state index contributed by atoms with van der Waals surface area (Å²) in [6, 6.07) is 21.9. The Hall–Kier alpha value is -4.70. The molecule has 3 amide bonds. The normalized spacial score (nSPS) is 13.4. The van der Waals surface area contributed by atoms with Crippen molar-refractivity contribution >= 4 is 23.9 Å². The smallest absolute Gasteiger partial charge is 0.408 e. The largest absolute Gasteiger partial charge is 0.494 e. The molecule has 0 fully saturated rings. The van der Waals surface area contributed by atoms with Crippen LogP contribution in [0.4, 0.5) is 4.79 Å². The number of carbonyl (C=O) groups excluding carboxylic acids is 4. The van der Waals surface area contributed by atoms with Crippen LogP contribution in [-0.4, -0.2) is 53.8 Å². The molecule has 3 aromatic carbocycles. The lowest BCUT2D eigenvalue weighted by atomic mass is 10.1. The van der Waals surface area contributed by atoms with E-state index in [-0.39, 0.29) is 26.2 Å². The summed E-state index contributed by atoms with van der Waals surface area (Å²) < 4.78 is 16.6. The molecule has 4 rings (SSSR count). The van der Waals surface area contributed by atoms with Gasteiger partial charge in [-0.25, -0.2) is 9.59 Å². The second kappa shape index (κ2) is 13.8. The molecular formula is C32H34N2O8. The van der Waals surface area contributed by atoms with Crippen molar-refractivity contribution in [2.24, 2.45) is 0 Å². The Balaban J connectivity index is 1.25. The Kier molecular flexibility index (Phi) is 9.93. The Morgan fingerprint density at radius 2 is 1.43 bits per heavy atom. The number of nitrogens with zero attached hydrogens (tertiary/aromatic N) is 1. The monoisotopic (exact) mass is 574 g/mol. The van der Waals surface area contributed by atoms with Crippen LogP contribution in [0.25, 0.3) is 0 Å². The van der Waals surface area contributed by atoms with Crippen LogP contribution in [0.1, 0.15) is 59.0 Å². The number of hydroxylamine groups is 2. The van der Waals surface area contributed by atoms with E-state index in [0.717, 1.165) is 16.2 Å². The number of rotatable bonds is 12. The lowest BCUT2D eigenvalue weighted by Crippen LogP contribution is -2.45. The summed E-state index contributed by atoms with van der Waals surface area (Å²) in [6.07, 6.45) is -0.104. The number of nitrogens with one attached hydrogen (secondary N) is 1. The van der Waals surface area contributed by atoms with Crippen LogP contribution in [0, 0.1) is 0 Å². The average Bonchev–Trinajstić information content (AvgIpc) is 3.21. The van der Waals surface area contributed by atoms with Crippen molar-refractivity contribution < 1.29 is 38.2 Å². The molecule has 1 heterocycles. The molecule has 0 unspecified atom stereocenters. The van der Waals surface area contributed by atoms with Gasteiger partial charge in [0.1, 0.15) is 24.0 Å². The second-order valence-electron chi connectivity index (χ2n) is 10.6. The van der Waals surface area contributed by atoms with Crippen molar-refractivity contribution in [3.63, 3.8) is 0 Å². The van der Waals surface area contributed by atoms with Gasteiger partial charge in [-0.05, 0) is 56.2 Å². The van der Waals surface area contributed by atoms with Crippen molar-refractivity contribution in [1.29, 1.82) is 0 Å². The third-order valence-corrected chi connectivity index (χ3v) is 6.09. The highest BCUT2D eigenvalue weighted by Crippen LogP contribution is 2.23. The van der Waals surface area contributed by atoms with E-state index in [1.165, 1.54) is 0 Å². The van der Waals surface area contributed by atoms with E-state index in [1.807, 2.05) is 30.3 Å². The molecule has 1 N–H and O–H groups in total. The third-order valence-electron chi connectivity index (χ3n) is 6.09. The van der Waals surface area contributed by atoms with Gasteiger partial charge in [-0.15, -0.1) is 5.06 Å². The van der Waals surface area contributed by atoms with Crippen LogP contribution in [0.2, 0.25) is 0 Å². The van der Waals surface area contributed by atoms with Gasteiger partial charge in [0.2, 0.25) is 0 Å². The minimum absolute atomic E-state index is 0.0725. The highest BCUT2D eigenvalue weighted by molar-refractivity contribution is 6.20. The van der Waals surface area contributed by atoms with Crippen LogP contribution in [0.5, 0.6) is 5.75 Å². The number of ether oxygens (including phenoxy) is 3. The summed E-state index contributed by atoms with van der Waals surface area (Å²) in [6.45, 7) is 5.75. The zero-order valence-corrected chi connectivity index (χ0v) is 23.8. The van der Waals surface area contributed by atoms with Gasteiger partial charge in [0, 0.05) is 12.8 Å². The number of amides is 3. The Labute approximate surface area is 244 Å². The van der Waals surface area contributed by atoms with E-state index in [4.69, 9.17) is 19.0 Å². The Morgan fingerprint density at radius 1 is 0.810 bits per heavy atom. The fraction of sp³-hybridized carbons (Fsp3) is 0.312. The molecule has 1 aliphatic rings. The molecule has 0 saturated heterocycles. The third kappa shape index (κ3) is 8.40. The molecule has 0 saturated carbocycles. The average molecular weight is 575 g/mol. The van der Waals surface area contributed by atoms with Gasteiger partial charge in [0.15, 0.2) is 0 Å². The quantitative estimate of drug-likeness (QED) is 0.185. The predicted octanol–water partition coefficient (Wildman–Crippen LogP) is 4.86. The van der Waals surface area contributed by atoms with Crippen molar-refractivity contribution in [2.45, 2.75) is 51.9 Å². The predicted molar refractivity (Wildman–Crippen MR) is 153 cm³/mol. The van der Waals surface area contributed by atoms with Gasteiger partial charge in [0.05, 0.1) is 24.3 Å². The van der Waals surface area contributed by atoms with Crippen LogP contribution in [0.15, 0.2) is 78.9 Å². The summed E-state index contributed by atoms with van der Waals surface area (Å²) in [5.74, 6) is -0.937. The summed E-state index contributed by atoms with van der Waals surface area (Å²) >= 11 is 0. The highest BCUT2D eigenvalue weighted by atomic mass is 16.7. The molecule has 10 nitrogen and oxygen atoms in total. The maximum atomic E-state index is 12.9. The molecule has 1 atom stereocenters. The number of hydrogen-bond donors (Lipinski definition) is 1. The van der Waals surface area contributed by atoms with Crippen molar-refractivity contribution in [1.82, 2.24) is 10.4 Å². The number of esters is 1. The molecule has 3 aromatic rings. The molecule has 220 valence electrons. The molecule has 1 aliphatic heterocycles. The fourth-order valence-electron chi connectivity index (χ4n) is 4.12. The van der Waals surface area contributed by atoms with Crippen LogP contribution in [-0.2, 0) is 32.1 Å². The first-order valence-corrected chi connectivity index (χ1v) is 13.6. The zero-order valence-electron chi connectivity index (χ0n) is 23.8. The first-order chi connectivity index (χ1) is 20.1. The first-order valence-electron chi connectivity index (χ1n) is 13.6. The van der Waals surface area contributed by atoms with E-state index in [0.29, 0.717) is 23.3 Å². The summed E-state index contributed by atoms with van der Waals surface area (Å²) in [5.41, 5.74) is 1.52. The number of imide groups is 1. The number of fused-ring (bicyclic) bond motifs is 1. The molecule has 10 heteroatoms. The minimum atomic E-state index is -0.960. The molecule has 42 heavy (non-hydrogen) atoms. The maximum absolute atomic E-state index is 12.9. The van der Waals surface area contributed by atoms with Crippen LogP contribution < -0.4 is 10.1 Å². The number of alkyl carbamates (subject to hydrolysis) is 1. The fourth-order valence-corrected chi connectivity index (χ4v) is 4.12. The Bertz CT molecular complexity index is 1370. The van der Waals surface area contributed by atoms with E-state index in [9.17, 15) is 19.2 Å². The molecule has 0 bridgehead atoms. The van der Waals surface area contributed by atoms with Gasteiger partial charge in [-0.2, -0.15) is 0 Å². The van der Waals surface area contributed by atoms with E-state index in [2.05, 4.69) is 5.32 Å². The van der Waals surface area contributed by atoms with E-state index < -0.39 is 35.5 Å². The number of benzene rings is 3. The first kappa shape index (κ1) is 30.3. The lowest BCUT2D eigenvalue weighted by molar-refractivity contribution is -0.157. The summed E-state index contributed by atoms with van der Waals surface area (Å²) in [4.78, 5) is 55.5. The highest BCUT2D eigenvalue weighted by Gasteiger charge is 2.36.